The van der Waals surface area contributed by atoms with Gasteiger partial charge in [0.25, 0.3) is 0 Å². The predicted octanol–water partition coefficient (Wildman–Crippen LogP) is 0.0294. The molecule has 2 aromatic rings. The monoisotopic (exact) mass is 652 g/mol. The number of carboxylic acids is 2. The molecule has 2 aliphatic heterocycles. The van der Waals surface area contributed by atoms with Crippen LogP contribution in [0.1, 0.15) is 31.4 Å². The van der Waals surface area contributed by atoms with E-state index in [1.165, 1.54) is 13.2 Å². The Morgan fingerprint density at radius 2 is 1.33 bits per heavy atom. The Labute approximate surface area is 264 Å². The fourth-order valence-corrected chi connectivity index (χ4v) is 5.40. The molecule has 0 saturated carbocycles. The number of aliphatic hydroxyl groups excluding tert-OH is 5. The van der Waals surface area contributed by atoms with Crippen molar-refractivity contribution in [2.24, 2.45) is 11.8 Å². The second kappa shape index (κ2) is 14.8. The summed E-state index contributed by atoms with van der Waals surface area (Å²) in [6, 6.07) is 9.86. The quantitative estimate of drug-likeness (QED) is 0.151. The molecule has 46 heavy (non-hydrogen) atoms. The van der Waals surface area contributed by atoms with Crippen LogP contribution in [-0.2, 0) is 31.9 Å². The van der Waals surface area contributed by atoms with E-state index < -0.39 is 67.2 Å². The third-order valence-corrected chi connectivity index (χ3v) is 8.33. The van der Waals surface area contributed by atoms with Gasteiger partial charge in [-0.2, -0.15) is 0 Å². The number of hydrogen-bond donors (Lipinski definition) is 8. The Balaban J connectivity index is 1.42. The topological polar surface area (TPSA) is 242 Å². The minimum atomic E-state index is -1.86. The van der Waals surface area contributed by atoms with E-state index in [1.54, 1.807) is 24.3 Å². The standard InChI is InChI=1S/C31H40O15/c1-13(8-15-4-6-17(32)20(10-15)43-22-12-18(33)23(34)27(45-22)29(38)39)14(2)9-16-5-7-19(42-3)21(11-16)44-31-26(37)24(35)25(36)28(46-31)30(40)41/h4-7,10-11,13-14,18,22-28,31-37H,8-9,12H2,1-3H3,(H,38,39)(H,40,41)/t13?,14?,18-,22-,23+,24+,25+,26-,27+,28+,31-/m1/s1. The Morgan fingerprint density at radius 1 is 0.761 bits per heavy atom. The van der Waals surface area contributed by atoms with Crippen LogP contribution in [0.25, 0.3) is 0 Å². The van der Waals surface area contributed by atoms with Crippen molar-refractivity contribution >= 4 is 11.9 Å². The lowest BCUT2D eigenvalue weighted by molar-refractivity contribution is -0.271. The summed E-state index contributed by atoms with van der Waals surface area (Å²) in [6.07, 6.45) is -13.8. The molecule has 0 radical (unpaired) electrons. The normalized spacial score (nSPS) is 31.0. The van der Waals surface area contributed by atoms with E-state index in [0.29, 0.717) is 12.8 Å². The maximum atomic E-state index is 11.5. The van der Waals surface area contributed by atoms with Crippen molar-refractivity contribution in [3.63, 3.8) is 0 Å². The first kappa shape index (κ1) is 35.2. The lowest BCUT2D eigenvalue weighted by Crippen LogP contribution is -2.61. The largest absolute Gasteiger partial charge is 0.504 e. The molecule has 2 fully saturated rings. The fourth-order valence-electron chi connectivity index (χ4n) is 5.40. The molecule has 11 atom stereocenters. The molecule has 2 saturated heterocycles. The number of aromatic hydroxyl groups is 1. The molecular weight excluding hydrogens is 612 g/mol. The number of ether oxygens (including phenoxy) is 5. The molecule has 15 nitrogen and oxygen atoms in total. The van der Waals surface area contributed by atoms with Gasteiger partial charge < -0.3 is 64.5 Å². The van der Waals surface area contributed by atoms with Crippen molar-refractivity contribution in [2.75, 3.05) is 7.11 Å². The highest BCUT2D eigenvalue weighted by Crippen LogP contribution is 2.35. The second-order valence-electron chi connectivity index (χ2n) is 11.7. The molecule has 0 amide bonds. The van der Waals surface area contributed by atoms with Crippen molar-refractivity contribution in [2.45, 2.75) is 88.4 Å². The number of hydrogen-bond acceptors (Lipinski definition) is 13. The average molecular weight is 653 g/mol. The SMILES string of the molecule is COc1ccc(CC(C)C(C)Cc2ccc(O)c(O[C@H]3C[C@@H](O)[C@H](O)[C@@H](C(=O)O)O3)c2)cc1O[C@@H]1O[C@H](C(=O)O)[C@@H](O)[C@H](O)[C@H]1O. The van der Waals surface area contributed by atoms with Crippen molar-refractivity contribution in [1.82, 2.24) is 0 Å². The van der Waals surface area contributed by atoms with E-state index in [9.17, 15) is 50.4 Å². The average Bonchev–Trinajstić information content (AvgIpc) is 3.00. The summed E-state index contributed by atoms with van der Waals surface area (Å²) in [6.45, 7) is 4.06. The third kappa shape index (κ3) is 7.98. The molecular formula is C31H40O15. The molecule has 0 aliphatic carbocycles. The van der Waals surface area contributed by atoms with E-state index in [1.807, 2.05) is 19.9 Å². The van der Waals surface area contributed by atoms with Crippen LogP contribution >= 0.6 is 0 Å². The maximum absolute atomic E-state index is 11.5. The van der Waals surface area contributed by atoms with Crippen LogP contribution in [0.2, 0.25) is 0 Å². The number of methoxy groups -OCH3 is 1. The minimum Gasteiger partial charge on any atom is -0.504 e. The molecule has 0 aromatic heterocycles. The molecule has 2 aliphatic rings. The van der Waals surface area contributed by atoms with Crippen LogP contribution in [0.4, 0.5) is 0 Å². The summed E-state index contributed by atoms with van der Waals surface area (Å²) in [5.74, 6) is -2.61. The lowest BCUT2D eigenvalue weighted by atomic mass is 9.85. The summed E-state index contributed by atoms with van der Waals surface area (Å²) < 4.78 is 27.3. The van der Waals surface area contributed by atoms with Gasteiger partial charge >= 0.3 is 11.9 Å². The zero-order chi connectivity index (χ0) is 33.9. The second-order valence-corrected chi connectivity index (χ2v) is 11.7. The first-order chi connectivity index (χ1) is 21.7. The van der Waals surface area contributed by atoms with Crippen LogP contribution in [0.5, 0.6) is 23.0 Å². The molecule has 8 N–H and O–H groups in total. The number of carbonyl (C=O) groups is 2. The van der Waals surface area contributed by atoms with Crippen LogP contribution in [-0.4, -0.2) is 115 Å². The predicted molar refractivity (Wildman–Crippen MR) is 155 cm³/mol. The fraction of sp³-hybridized carbons (Fsp3) is 0.548. The molecule has 0 spiro atoms. The summed E-state index contributed by atoms with van der Waals surface area (Å²) in [7, 11) is 1.40. The summed E-state index contributed by atoms with van der Waals surface area (Å²) in [4.78, 5) is 22.9. The van der Waals surface area contributed by atoms with E-state index >= 15 is 0 Å². The molecule has 2 unspecified atom stereocenters. The number of phenolic OH excluding ortho intramolecular Hbond substituents is 1. The number of rotatable bonds is 12. The molecule has 4 rings (SSSR count). The summed E-state index contributed by atoms with van der Waals surface area (Å²) >= 11 is 0. The maximum Gasteiger partial charge on any atom is 0.335 e. The van der Waals surface area contributed by atoms with Crippen LogP contribution in [0.15, 0.2) is 36.4 Å². The number of carboxylic acid groups (broad SMARTS) is 2. The van der Waals surface area contributed by atoms with Crippen molar-refractivity contribution in [3.8, 4) is 23.0 Å². The first-order valence-corrected chi connectivity index (χ1v) is 14.7. The number of phenols is 1. The van der Waals surface area contributed by atoms with Crippen molar-refractivity contribution in [1.29, 1.82) is 0 Å². The van der Waals surface area contributed by atoms with E-state index in [0.717, 1.165) is 11.1 Å². The molecule has 2 heterocycles. The van der Waals surface area contributed by atoms with Gasteiger partial charge in [-0.3, -0.25) is 0 Å². The van der Waals surface area contributed by atoms with Gasteiger partial charge in [-0.15, -0.1) is 0 Å². The van der Waals surface area contributed by atoms with Gasteiger partial charge in [0.15, 0.2) is 35.2 Å². The van der Waals surface area contributed by atoms with E-state index in [-0.39, 0.29) is 41.3 Å². The van der Waals surface area contributed by atoms with Gasteiger partial charge in [0.05, 0.1) is 13.2 Å². The number of aliphatic hydroxyl groups is 5. The molecule has 2 aromatic carbocycles. The Morgan fingerprint density at radius 3 is 1.91 bits per heavy atom. The molecule has 15 heteroatoms. The van der Waals surface area contributed by atoms with Crippen LogP contribution in [0.3, 0.4) is 0 Å². The van der Waals surface area contributed by atoms with Gasteiger partial charge in [0, 0.05) is 6.42 Å². The summed E-state index contributed by atoms with van der Waals surface area (Å²) in [5.41, 5.74) is 1.61. The zero-order valence-corrected chi connectivity index (χ0v) is 25.4. The smallest absolute Gasteiger partial charge is 0.335 e. The van der Waals surface area contributed by atoms with Crippen LogP contribution in [0, 0.1) is 11.8 Å². The van der Waals surface area contributed by atoms with Crippen LogP contribution < -0.4 is 14.2 Å². The first-order valence-electron chi connectivity index (χ1n) is 14.7. The Hall–Kier alpha value is -3.70. The van der Waals surface area contributed by atoms with Gasteiger partial charge in [-0.05, 0) is 60.1 Å². The van der Waals surface area contributed by atoms with E-state index in [2.05, 4.69) is 0 Å². The number of aliphatic carboxylic acids is 2. The highest BCUT2D eigenvalue weighted by molar-refractivity contribution is 5.73. The minimum absolute atomic E-state index is 0.0296. The highest BCUT2D eigenvalue weighted by atomic mass is 16.7. The van der Waals surface area contributed by atoms with Gasteiger partial charge in [0.2, 0.25) is 12.6 Å². The third-order valence-electron chi connectivity index (χ3n) is 8.33. The lowest BCUT2D eigenvalue weighted by Gasteiger charge is -2.38. The van der Waals surface area contributed by atoms with Gasteiger partial charge in [-0.1, -0.05) is 26.0 Å². The summed E-state index contributed by atoms with van der Waals surface area (Å²) in [5, 5.41) is 79.4. The van der Waals surface area contributed by atoms with Crippen molar-refractivity contribution < 1.29 is 74.1 Å². The van der Waals surface area contributed by atoms with Gasteiger partial charge in [0.1, 0.15) is 24.4 Å². The zero-order valence-electron chi connectivity index (χ0n) is 25.4. The Kier molecular flexibility index (Phi) is 11.3. The Bertz CT molecular complexity index is 1370. The van der Waals surface area contributed by atoms with Crippen molar-refractivity contribution in [3.05, 3.63) is 47.5 Å². The van der Waals surface area contributed by atoms with E-state index in [4.69, 9.17) is 23.7 Å². The number of benzene rings is 2. The molecule has 254 valence electrons. The highest BCUT2D eigenvalue weighted by Gasteiger charge is 2.48. The van der Waals surface area contributed by atoms with Gasteiger partial charge in [-0.25, -0.2) is 9.59 Å². The molecule has 0 bridgehead atoms.